The standard InChI is InChI=1S/C24H26ClN3O2/c1-15-4-3-5-17-10-21(27(2)23(15)17)24(29)26-19-11-20-14-30-22(13-28(20)12-19)16-6-8-18(25)9-7-16/h3-10,19-20,22H,11-14H2,1-2H3,(H,26,29)/t19-,20+,22-/m1/s1. The van der Waals surface area contributed by atoms with Gasteiger partial charge in [0.2, 0.25) is 0 Å². The van der Waals surface area contributed by atoms with Gasteiger partial charge in [-0.05, 0) is 42.7 Å². The average molecular weight is 424 g/mol. The molecule has 3 atom stereocenters. The SMILES string of the molecule is Cc1cccc2cc(C(=O)N[C@@H]3C[C@H]4CO[C@@H](c5ccc(Cl)cc5)CN4C3)n(C)c12. The van der Waals surface area contributed by atoms with E-state index in [4.69, 9.17) is 16.3 Å². The van der Waals surface area contributed by atoms with Crippen LogP contribution >= 0.6 is 11.6 Å². The molecule has 156 valence electrons. The number of halogens is 1. The van der Waals surface area contributed by atoms with E-state index in [9.17, 15) is 4.79 Å². The van der Waals surface area contributed by atoms with Crippen molar-refractivity contribution in [2.24, 2.45) is 7.05 Å². The van der Waals surface area contributed by atoms with Crippen LogP contribution in [0.3, 0.4) is 0 Å². The molecule has 3 heterocycles. The maximum atomic E-state index is 13.0. The van der Waals surface area contributed by atoms with E-state index < -0.39 is 0 Å². The second-order valence-electron chi connectivity index (χ2n) is 8.49. The summed E-state index contributed by atoms with van der Waals surface area (Å²) in [5.74, 6) is -0.00637. The fourth-order valence-corrected chi connectivity index (χ4v) is 5.08. The average Bonchev–Trinajstić information content (AvgIpc) is 3.29. The molecule has 1 amide bonds. The van der Waals surface area contributed by atoms with E-state index in [0.29, 0.717) is 18.3 Å². The summed E-state index contributed by atoms with van der Waals surface area (Å²) in [5, 5.41) is 5.10. The lowest BCUT2D eigenvalue weighted by atomic mass is 10.1. The van der Waals surface area contributed by atoms with E-state index in [-0.39, 0.29) is 18.1 Å². The molecule has 0 spiro atoms. The van der Waals surface area contributed by atoms with E-state index in [1.54, 1.807) is 0 Å². The summed E-state index contributed by atoms with van der Waals surface area (Å²) in [4.78, 5) is 15.5. The van der Waals surface area contributed by atoms with Gasteiger partial charge in [0.15, 0.2) is 0 Å². The fourth-order valence-electron chi connectivity index (χ4n) is 4.96. The second kappa shape index (κ2) is 7.73. The minimum absolute atomic E-state index is 0.00637. The number of carbonyl (C=O) groups is 1. The summed E-state index contributed by atoms with van der Waals surface area (Å²) in [6.07, 6.45) is 0.969. The minimum Gasteiger partial charge on any atom is -0.371 e. The molecule has 1 aromatic heterocycles. The third-order valence-electron chi connectivity index (χ3n) is 6.49. The van der Waals surface area contributed by atoms with Gasteiger partial charge >= 0.3 is 0 Å². The number of aryl methyl sites for hydroxylation is 2. The first-order valence-electron chi connectivity index (χ1n) is 10.5. The molecule has 2 fully saturated rings. The molecule has 2 saturated heterocycles. The first-order valence-corrected chi connectivity index (χ1v) is 10.8. The third-order valence-corrected chi connectivity index (χ3v) is 6.74. The Labute approximate surface area is 181 Å². The van der Waals surface area contributed by atoms with Crippen molar-refractivity contribution in [1.82, 2.24) is 14.8 Å². The zero-order valence-electron chi connectivity index (χ0n) is 17.3. The van der Waals surface area contributed by atoms with Gasteiger partial charge in [0.25, 0.3) is 5.91 Å². The van der Waals surface area contributed by atoms with Gasteiger partial charge in [-0.3, -0.25) is 9.69 Å². The molecule has 5 nitrogen and oxygen atoms in total. The molecule has 0 saturated carbocycles. The molecule has 0 bridgehead atoms. The number of amides is 1. The molecule has 1 N–H and O–H groups in total. The molecular weight excluding hydrogens is 398 g/mol. The quantitative estimate of drug-likeness (QED) is 0.690. The maximum Gasteiger partial charge on any atom is 0.268 e. The highest BCUT2D eigenvalue weighted by molar-refractivity contribution is 6.30. The van der Waals surface area contributed by atoms with Crippen LogP contribution < -0.4 is 5.32 Å². The van der Waals surface area contributed by atoms with Crippen LogP contribution in [0.15, 0.2) is 48.5 Å². The highest BCUT2D eigenvalue weighted by atomic mass is 35.5. The van der Waals surface area contributed by atoms with Crippen LogP contribution in [0.2, 0.25) is 5.02 Å². The van der Waals surface area contributed by atoms with Crippen molar-refractivity contribution in [1.29, 1.82) is 0 Å². The number of carbonyl (C=O) groups excluding carboxylic acids is 1. The van der Waals surface area contributed by atoms with Crippen molar-refractivity contribution in [2.45, 2.75) is 31.5 Å². The van der Waals surface area contributed by atoms with Gasteiger partial charge in [-0.1, -0.05) is 41.9 Å². The number of rotatable bonds is 3. The zero-order valence-corrected chi connectivity index (χ0v) is 18.0. The first-order chi connectivity index (χ1) is 14.5. The molecule has 0 aliphatic carbocycles. The number of ether oxygens (including phenoxy) is 1. The molecule has 3 aromatic rings. The Hall–Kier alpha value is -2.34. The van der Waals surface area contributed by atoms with Gasteiger partial charge in [-0.2, -0.15) is 0 Å². The molecule has 5 rings (SSSR count). The summed E-state index contributed by atoms with van der Waals surface area (Å²) >= 11 is 6.01. The lowest BCUT2D eigenvalue weighted by Gasteiger charge is -2.35. The van der Waals surface area contributed by atoms with Crippen LogP contribution in [0.1, 0.15) is 34.1 Å². The number of para-hydroxylation sites is 1. The molecule has 2 aliphatic heterocycles. The van der Waals surface area contributed by atoms with E-state index >= 15 is 0 Å². The van der Waals surface area contributed by atoms with E-state index in [0.717, 1.165) is 41.0 Å². The van der Waals surface area contributed by atoms with Crippen molar-refractivity contribution < 1.29 is 9.53 Å². The van der Waals surface area contributed by atoms with E-state index in [1.165, 1.54) is 5.56 Å². The smallest absolute Gasteiger partial charge is 0.268 e. The number of hydrogen-bond donors (Lipinski definition) is 1. The Morgan fingerprint density at radius 1 is 1.17 bits per heavy atom. The predicted molar refractivity (Wildman–Crippen MR) is 119 cm³/mol. The summed E-state index contributed by atoms with van der Waals surface area (Å²) in [6.45, 7) is 4.46. The monoisotopic (exact) mass is 423 g/mol. The van der Waals surface area contributed by atoms with Crippen molar-refractivity contribution in [2.75, 3.05) is 19.7 Å². The third kappa shape index (κ3) is 3.51. The van der Waals surface area contributed by atoms with Crippen molar-refractivity contribution in [3.05, 3.63) is 70.4 Å². The Morgan fingerprint density at radius 3 is 2.73 bits per heavy atom. The molecule has 6 heteroatoms. The summed E-state index contributed by atoms with van der Waals surface area (Å²) in [6, 6.07) is 16.5. The van der Waals surface area contributed by atoms with Gasteiger partial charge in [0.1, 0.15) is 5.69 Å². The zero-order chi connectivity index (χ0) is 20.8. The topological polar surface area (TPSA) is 46.5 Å². The summed E-state index contributed by atoms with van der Waals surface area (Å²) in [7, 11) is 1.97. The molecule has 2 aromatic carbocycles. The number of nitrogens with zero attached hydrogens (tertiary/aromatic N) is 2. The van der Waals surface area contributed by atoms with Crippen LogP contribution in [-0.2, 0) is 11.8 Å². The van der Waals surface area contributed by atoms with Crippen LogP contribution in [0.4, 0.5) is 0 Å². The van der Waals surface area contributed by atoms with E-state index in [1.807, 2.05) is 48.0 Å². The number of hydrogen-bond acceptors (Lipinski definition) is 3. The van der Waals surface area contributed by atoms with Crippen molar-refractivity contribution in [3.63, 3.8) is 0 Å². The molecule has 0 unspecified atom stereocenters. The Morgan fingerprint density at radius 2 is 1.97 bits per heavy atom. The van der Waals surface area contributed by atoms with Crippen molar-refractivity contribution >= 4 is 28.4 Å². The van der Waals surface area contributed by atoms with Crippen molar-refractivity contribution in [3.8, 4) is 0 Å². The predicted octanol–water partition coefficient (Wildman–Crippen LogP) is 4.08. The van der Waals surface area contributed by atoms with Gasteiger partial charge in [0.05, 0.1) is 18.2 Å². The number of nitrogens with one attached hydrogen (secondary N) is 1. The van der Waals surface area contributed by atoms with Crippen LogP contribution in [0, 0.1) is 6.92 Å². The molecular formula is C24H26ClN3O2. The Bertz CT molecular complexity index is 1090. The first kappa shape index (κ1) is 19.6. The number of aromatic nitrogens is 1. The second-order valence-corrected chi connectivity index (χ2v) is 8.93. The van der Waals surface area contributed by atoms with Gasteiger partial charge < -0.3 is 14.6 Å². The Balaban J connectivity index is 1.26. The molecule has 30 heavy (non-hydrogen) atoms. The fraction of sp³-hybridized carbons (Fsp3) is 0.375. The van der Waals surface area contributed by atoms with Gasteiger partial charge in [-0.25, -0.2) is 0 Å². The highest BCUT2D eigenvalue weighted by Gasteiger charge is 2.38. The number of benzene rings is 2. The minimum atomic E-state index is -0.00637. The van der Waals surface area contributed by atoms with Gasteiger partial charge in [-0.15, -0.1) is 0 Å². The number of fused-ring (bicyclic) bond motifs is 2. The van der Waals surface area contributed by atoms with Gasteiger partial charge in [0, 0.05) is 42.6 Å². The Kier molecular flexibility index (Phi) is 5.05. The van der Waals surface area contributed by atoms with E-state index in [2.05, 4.69) is 29.3 Å². The lowest BCUT2D eigenvalue weighted by molar-refractivity contribution is -0.0502. The summed E-state index contributed by atoms with van der Waals surface area (Å²) in [5.41, 5.74) is 4.15. The summed E-state index contributed by atoms with van der Waals surface area (Å²) < 4.78 is 8.13. The molecule has 2 aliphatic rings. The maximum absolute atomic E-state index is 13.0. The highest BCUT2D eigenvalue weighted by Crippen LogP contribution is 2.31. The molecule has 0 radical (unpaired) electrons. The van der Waals surface area contributed by atoms with Crippen LogP contribution in [-0.4, -0.2) is 47.2 Å². The van der Waals surface area contributed by atoms with Crippen LogP contribution in [0.25, 0.3) is 10.9 Å². The normalized spacial score (nSPS) is 24.2. The number of morpholine rings is 1. The lowest BCUT2D eigenvalue weighted by Crippen LogP contribution is -2.43. The largest absolute Gasteiger partial charge is 0.371 e. The van der Waals surface area contributed by atoms with Crippen LogP contribution in [0.5, 0.6) is 0 Å².